The molecule has 1 aliphatic carbocycles. The number of hydroxylamine groups is 1. The largest absolute Gasteiger partial charge is 0.494 e. The van der Waals surface area contributed by atoms with Crippen molar-refractivity contribution in [2.45, 2.75) is 50.2 Å². The molecule has 4 aliphatic rings. The summed E-state index contributed by atoms with van der Waals surface area (Å²) in [6.45, 7) is 10.4. The average Bonchev–Trinajstić information content (AvgIpc) is 3.95. The first kappa shape index (κ1) is 36.7. The molecule has 2 N–H and O–H groups in total. The molecule has 4 aromatic rings. The van der Waals surface area contributed by atoms with Crippen LogP contribution in [0, 0.1) is 11.6 Å². The summed E-state index contributed by atoms with van der Waals surface area (Å²) in [4.78, 5) is 35.3. The van der Waals surface area contributed by atoms with Crippen LogP contribution in [0.3, 0.4) is 0 Å². The molecule has 1 unspecified atom stereocenters. The van der Waals surface area contributed by atoms with Crippen molar-refractivity contribution in [3.63, 3.8) is 0 Å². The van der Waals surface area contributed by atoms with Gasteiger partial charge < -0.3 is 25.0 Å². The topological polar surface area (TPSA) is 108 Å². The van der Waals surface area contributed by atoms with Crippen LogP contribution in [-0.4, -0.2) is 90.7 Å². The second-order valence-corrected chi connectivity index (χ2v) is 14.4. The van der Waals surface area contributed by atoms with Crippen LogP contribution in [0.1, 0.15) is 43.7 Å². The number of piperidine rings is 1. The van der Waals surface area contributed by atoms with Crippen LogP contribution in [0.2, 0.25) is 0 Å². The van der Waals surface area contributed by atoms with Gasteiger partial charge in [-0.3, -0.25) is 19.4 Å². The van der Waals surface area contributed by atoms with Crippen LogP contribution in [0.25, 0.3) is 0 Å². The third-order valence-electron chi connectivity index (χ3n) is 10.9. The highest BCUT2D eigenvalue weighted by Crippen LogP contribution is 2.41. The number of carbonyl (C=O) groups excluding carboxylic acids is 1. The number of nitrogens with one attached hydrogen (secondary N) is 2. The lowest BCUT2D eigenvalue weighted by atomic mass is 10.0. The Morgan fingerprint density at radius 3 is 2.35 bits per heavy atom. The summed E-state index contributed by atoms with van der Waals surface area (Å²) < 4.78 is 40.2. The molecule has 12 nitrogen and oxygen atoms in total. The van der Waals surface area contributed by atoms with Gasteiger partial charge in [0.2, 0.25) is 5.91 Å². The monoisotopic (exact) mass is 752 g/mol. The van der Waals surface area contributed by atoms with Gasteiger partial charge in [0, 0.05) is 76.0 Å². The fourth-order valence-electron chi connectivity index (χ4n) is 7.90. The van der Waals surface area contributed by atoms with Gasteiger partial charge in [0.25, 0.3) is 0 Å². The lowest BCUT2D eigenvalue weighted by molar-refractivity contribution is -0.111. The summed E-state index contributed by atoms with van der Waals surface area (Å²) in [5, 5.41) is 8.03. The maximum Gasteiger partial charge on any atom is 0.247 e. The van der Waals surface area contributed by atoms with E-state index >= 15 is 0 Å². The summed E-state index contributed by atoms with van der Waals surface area (Å²) in [5.41, 5.74) is 2.84. The molecule has 0 radical (unpaired) electrons. The van der Waals surface area contributed by atoms with Gasteiger partial charge in [-0.25, -0.2) is 23.8 Å². The van der Waals surface area contributed by atoms with E-state index in [-0.39, 0.29) is 23.4 Å². The average molecular weight is 753 g/mol. The van der Waals surface area contributed by atoms with Gasteiger partial charge in [0.1, 0.15) is 29.5 Å². The van der Waals surface area contributed by atoms with Crippen LogP contribution in [0.15, 0.2) is 79.6 Å². The Hall–Kier alpha value is -5.31. The molecular weight excluding hydrogens is 706 g/mol. The molecule has 0 bridgehead atoms. The summed E-state index contributed by atoms with van der Waals surface area (Å²) in [5.74, 6) is 0.319. The van der Waals surface area contributed by atoms with E-state index in [0.29, 0.717) is 47.8 Å². The van der Waals surface area contributed by atoms with Gasteiger partial charge in [-0.2, -0.15) is 0 Å². The van der Waals surface area contributed by atoms with Crippen molar-refractivity contribution in [1.82, 2.24) is 19.8 Å². The van der Waals surface area contributed by atoms with E-state index in [4.69, 9.17) is 14.3 Å². The fourth-order valence-corrected chi connectivity index (χ4v) is 7.90. The molecule has 288 valence electrons. The van der Waals surface area contributed by atoms with Crippen LogP contribution >= 0.6 is 0 Å². The zero-order valence-corrected chi connectivity index (χ0v) is 30.9. The zero-order chi connectivity index (χ0) is 37.9. The first-order chi connectivity index (χ1) is 26.8. The van der Waals surface area contributed by atoms with E-state index in [1.165, 1.54) is 49.5 Å². The number of hydrogen-bond acceptors (Lipinski definition) is 11. The number of hydrogen-bond donors (Lipinski definition) is 2. The molecule has 1 saturated carbocycles. The SMILES string of the molecule is C=CC(=O)Nc1cc(Nc2cc(N3OCCC3c3ccc(F)c(Oc4cccc(F)c4)c3)ncn2)c(OC)cc1N1CCC(N2CCN(C3CC3)CC2)CC1. The molecule has 1 amide bonds. The Bertz CT molecular complexity index is 2020. The zero-order valence-electron chi connectivity index (χ0n) is 30.9. The predicted octanol–water partition coefficient (Wildman–Crippen LogP) is 7.06. The number of ether oxygens (including phenoxy) is 2. The van der Waals surface area contributed by atoms with Crippen molar-refractivity contribution in [2.24, 2.45) is 0 Å². The van der Waals surface area contributed by atoms with Crippen LogP contribution in [-0.2, 0) is 9.63 Å². The maximum absolute atomic E-state index is 14.8. The third-order valence-corrected chi connectivity index (χ3v) is 10.9. The van der Waals surface area contributed by atoms with Gasteiger partial charge in [-0.15, -0.1) is 0 Å². The van der Waals surface area contributed by atoms with E-state index in [0.717, 1.165) is 69.4 Å². The fraction of sp³-hybridized carbons (Fsp3) is 0.390. The minimum atomic E-state index is -0.572. The number of aromatic nitrogens is 2. The number of anilines is 5. The minimum absolute atomic E-state index is 0.0264. The molecule has 14 heteroatoms. The van der Waals surface area contributed by atoms with Crippen molar-refractivity contribution in [3.05, 3.63) is 96.8 Å². The number of nitrogens with zero attached hydrogens (tertiary/aromatic N) is 6. The summed E-state index contributed by atoms with van der Waals surface area (Å²) in [7, 11) is 1.61. The molecule has 8 rings (SSSR count). The highest BCUT2D eigenvalue weighted by molar-refractivity contribution is 6.02. The van der Waals surface area contributed by atoms with E-state index in [1.54, 1.807) is 36.4 Å². The summed E-state index contributed by atoms with van der Waals surface area (Å²) >= 11 is 0. The Morgan fingerprint density at radius 1 is 0.873 bits per heavy atom. The molecular formula is C41H46F2N8O4. The number of methoxy groups -OCH3 is 1. The van der Waals surface area contributed by atoms with Gasteiger partial charge in [0.15, 0.2) is 17.4 Å². The first-order valence-corrected chi connectivity index (χ1v) is 19.0. The van der Waals surface area contributed by atoms with Crippen molar-refractivity contribution in [3.8, 4) is 17.2 Å². The quantitative estimate of drug-likeness (QED) is 0.145. The Labute approximate surface area is 319 Å². The van der Waals surface area contributed by atoms with Crippen LogP contribution in [0.4, 0.5) is 37.5 Å². The molecule has 4 fully saturated rings. The second kappa shape index (κ2) is 16.2. The summed E-state index contributed by atoms with van der Waals surface area (Å²) in [6.07, 6.45) is 8.09. The van der Waals surface area contributed by atoms with Crippen LogP contribution < -0.4 is 30.1 Å². The molecule has 3 aromatic carbocycles. The van der Waals surface area contributed by atoms with Gasteiger partial charge in [-0.05, 0) is 67.7 Å². The van der Waals surface area contributed by atoms with Crippen molar-refractivity contribution >= 4 is 34.6 Å². The standard InChI is InChI=1S/C41H46F2N8O4/c1-3-41(52)47-33-23-34(38(53-2)24-36(33)50-14-11-30(12-15-50)49-18-16-48(17-19-49)29-8-9-29)46-39-25-40(45-26-44-39)51-35(13-20-54-51)27-7-10-32(43)37(21-27)55-31-6-4-5-28(42)22-31/h3-7,10,21-26,29-30,35H,1,8-9,11-20H2,2H3,(H,47,52)(H,44,45,46). The normalized spacial score (nSPS) is 19.7. The van der Waals surface area contributed by atoms with Crippen LogP contribution in [0.5, 0.6) is 17.2 Å². The van der Waals surface area contributed by atoms with Gasteiger partial charge in [-0.1, -0.05) is 18.7 Å². The van der Waals surface area contributed by atoms with Gasteiger partial charge in [0.05, 0.1) is 36.8 Å². The Morgan fingerprint density at radius 2 is 1.64 bits per heavy atom. The lowest BCUT2D eigenvalue weighted by Gasteiger charge is -2.43. The molecule has 4 heterocycles. The number of piperazine rings is 1. The predicted molar refractivity (Wildman–Crippen MR) is 207 cm³/mol. The second-order valence-electron chi connectivity index (χ2n) is 14.4. The van der Waals surface area contributed by atoms with E-state index in [2.05, 4.69) is 41.9 Å². The molecule has 3 aliphatic heterocycles. The molecule has 1 aromatic heterocycles. The number of amides is 1. The highest BCUT2D eigenvalue weighted by atomic mass is 19.1. The Kier molecular flexibility index (Phi) is 10.8. The maximum atomic E-state index is 14.8. The molecule has 3 saturated heterocycles. The number of rotatable bonds is 12. The minimum Gasteiger partial charge on any atom is -0.494 e. The lowest BCUT2D eigenvalue weighted by Crippen LogP contribution is -2.53. The highest BCUT2D eigenvalue weighted by Gasteiger charge is 2.34. The van der Waals surface area contributed by atoms with Crippen molar-refractivity contribution < 1.29 is 27.9 Å². The van der Waals surface area contributed by atoms with E-state index in [9.17, 15) is 13.6 Å². The number of halogens is 2. The van der Waals surface area contributed by atoms with Gasteiger partial charge >= 0.3 is 0 Å². The smallest absolute Gasteiger partial charge is 0.247 e. The molecule has 1 atom stereocenters. The Balaban J connectivity index is 0.986. The van der Waals surface area contributed by atoms with E-state index < -0.39 is 11.6 Å². The molecule has 0 spiro atoms. The summed E-state index contributed by atoms with van der Waals surface area (Å²) in [6, 6.07) is 16.8. The van der Waals surface area contributed by atoms with E-state index in [1.807, 2.05) is 12.1 Å². The third kappa shape index (κ3) is 8.36. The van der Waals surface area contributed by atoms with Crippen molar-refractivity contribution in [2.75, 3.05) is 73.6 Å². The molecule has 55 heavy (non-hydrogen) atoms. The number of carbonyl (C=O) groups is 1. The number of benzene rings is 3. The first-order valence-electron chi connectivity index (χ1n) is 19.0. The van der Waals surface area contributed by atoms with Crippen molar-refractivity contribution in [1.29, 1.82) is 0 Å².